The predicted octanol–water partition coefficient (Wildman–Crippen LogP) is 2.62. The van der Waals surface area contributed by atoms with Crippen molar-refractivity contribution in [3.63, 3.8) is 0 Å². The molecule has 0 unspecified atom stereocenters. The van der Waals surface area contributed by atoms with Gasteiger partial charge >= 0.3 is 0 Å². The van der Waals surface area contributed by atoms with E-state index in [-0.39, 0.29) is 10.8 Å². The van der Waals surface area contributed by atoms with Crippen molar-refractivity contribution in [2.24, 2.45) is 0 Å². The molecule has 0 radical (unpaired) electrons. The molecule has 0 aromatic heterocycles. The van der Waals surface area contributed by atoms with Crippen LogP contribution < -0.4 is 5.32 Å². The lowest BCUT2D eigenvalue weighted by molar-refractivity contribution is 0.0730. The highest BCUT2D eigenvalue weighted by Gasteiger charge is 2.26. The Kier molecular flexibility index (Phi) is 7.57. The number of likely N-dealkylation sites (tertiary alicyclic amines) is 1. The van der Waals surface area contributed by atoms with E-state index in [1.54, 1.807) is 12.1 Å². The van der Waals surface area contributed by atoms with Crippen LogP contribution in [-0.2, 0) is 27.8 Å². The Morgan fingerprint density at radius 1 is 0.906 bits per heavy atom. The molecule has 172 valence electrons. The first-order valence-corrected chi connectivity index (χ1v) is 12.7. The van der Waals surface area contributed by atoms with Crippen molar-refractivity contribution in [1.29, 1.82) is 0 Å². The Labute approximate surface area is 190 Å². The quantitative estimate of drug-likeness (QED) is 0.692. The number of hydrogen-bond acceptors (Lipinski definition) is 5. The number of nitrogens with zero attached hydrogens (tertiary/aromatic N) is 2. The molecular formula is C24H31N3O4S. The minimum atomic E-state index is -3.64. The standard InChI is InChI=1S/C24H31N3O4S/c28-24(22-8-5-9-23(17-22)32(29,30)27-12-14-31-15-13-27)25-18-20-6-4-7-21(16-20)19-26-10-2-1-3-11-26/h4-9,16-17H,1-3,10-15,18-19H2,(H,25,28). The summed E-state index contributed by atoms with van der Waals surface area (Å²) in [4.78, 5) is 15.3. The molecule has 1 N–H and O–H groups in total. The van der Waals surface area contributed by atoms with E-state index >= 15 is 0 Å². The van der Waals surface area contributed by atoms with Crippen molar-refractivity contribution in [2.75, 3.05) is 39.4 Å². The van der Waals surface area contributed by atoms with Gasteiger partial charge in [0.2, 0.25) is 10.0 Å². The molecule has 2 heterocycles. The second-order valence-electron chi connectivity index (χ2n) is 8.38. The highest BCUT2D eigenvalue weighted by Crippen LogP contribution is 2.19. The first-order chi connectivity index (χ1) is 15.5. The smallest absolute Gasteiger partial charge is 0.251 e. The molecule has 1 amide bonds. The number of carbonyl (C=O) groups is 1. The predicted molar refractivity (Wildman–Crippen MR) is 123 cm³/mol. The average Bonchev–Trinajstić information content (AvgIpc) is 2.84. The van der Waals surface area contributed by atoms with E-state index in [1.165, 1.54) is 41.3 Å². The third-order valence-corrected chi connectivity index (χ3v) is 7.90. The number of benzene rings is 2. The third-order valence-electron chi connectivity index (χ3n) is 6.00. The number of piperidine rings is 1. The van der Waals surface area contributed by atoms with Gasteiger partial charge in [-0.25, -0.2) is 8.42 Å². The maximum absolute atomic E-state index is 12.9. The Hall–Kier alpha value is -2.26. The lowest BCUT2D eigenvalue weighted by Crippen LogP contribution is -2.40. The van der Waals surface area contributed by atoms with Crippen LogP contribution in [0.5, 0.6) is 0 Å². The van der Waals surface area contributed by atoms with Gasteiger partial charge in [-0.15, -0.1) is 0 Å². The normalized spacial score (nSPS) is 18.4. The van der Waals surface area contributed by atoms with Crippen LogP contribution in [0.25, 0.3) is 0 Å². The summed E-state index contributed by atoms with van der Waals surface area (Å²) in [6, 6.07) is 14.5. The topological polar surface area (TPSA) is 79.0 Å². The van der Waals surface area contributed by atoms with E-state index in [2.05, 4.69) is 22.3 Å². The highest BCUT2D eigenvalue weighted by atomic mass is 32.2. The van der Waals surface area contributed by atoms with Gasteiger partial charge in [-0.2, -0.15) is 4.31 Å². The molecule has 2 aromatic rings. The van der Waals surface area contributed by atoms with Gasteiger partial charge in [0.1, 0.15) is 0 Å². The van der Waals surface area contributed by atoms with Crippen molar-refractivity contribution in [3.05, 3.63) is 65.2 Å². The van der Waals surface area contributed by atoms with Crippen LogP contribution in [0.15, 0.2) is 53.4 Å². The van der Waals surface area contributed by atoms with Crippen molar-refractivity contribution in [2.45, 2.75) is 37.2 Å². The summed E-state index contributed by atoms with van der Waals surface area (Å²) in [6.07, 6.45) is 3.84. The Morgan fingerprint density at radius 2 is 1.62 bits per heavy atom. The van der Waals surface area contributed by atoms with Gasteiger partial charge < -0.3 is 10.1 Å². The Morgan fingerprint density at radius 3 is 2.41 bits per heavy atom. The van der Waals surface area contributed by atoms with Gasteiger partial charge in [0.15, 0.2) is 0 Å². The SMILES string of the molecule is O=C(NCc1cccc(CN2CCCCC2)c1)c1cccc(S(=O)(=O)N2CCOCC2)c1. The van der Waals surface area contributed by atoms with Gasteiger partial charge in [-0.1, -0.05) is 36.8 Å². The number of rotatable bonds is 7. The lowest BCUT2D eigenvalue weighted by Gasteiger charge is -2.26. The van der Waals surface area contributed by atoms with Crippen LogP contribution in [0.3, 0.4) is 0 Å². The lowest BCUT2D eigenvalue weighted by atomic mass is 10.1. The minimum absolute atomic E-state index is 0.135. The van der Waals surface area contributed by atoms with E-state index in [1.807, 2.05) is 12.1 Å². The van der Waals surface area contributed by atoms with Crippen LogP contribution >= 0.6 is 0 Å². The van der Waals surface area contributed by atoms with E-state index in [9.17, 15) is 13.2 Å². The van der Waals surface area contributed by atoms with E-state index in [0.717, 1.165) is 25.2 Å². The van der Waals surface area contributed by atoms with Crippen LogP contribution in [0.1, 0.15) is 40.7 Å². The number of morpholine rings is 1. The number of hydrogen-bond donors (Lipinski definition) is 1. The van der Waals surface area contributed by atoms with Crippen molar-refractivity contribution >= 4 is 15.9 Å². The molecule has 0 atom stereocenters. The van der Waals surface area contributed by atoms with E-state index in [4.69, 9.17) is 4.74 Å². The highest BCUT2D eigenvalue weighted by molar-refractivity contribution is 7.89. The Balaban J connectivity index is 1.38. The second kappa shape index (κ2) is 10.6. The fourth-order valence-corrected chi connectivity index (χ4v) is 5.69. The molecule has 2 aliphatic rings. The van der Waals surface area contributed by atoms with Gasteiger partial charge in [-0.05, 0) is 55.3 Å². The fraction of sp³-hybridized carbons (Fsp3) is 0.458. The molecule has 0 bridgehead atoms. The van der Waals surface area contributed by atoms with Crippen LogP contribution in [0.4, 0.5) is 0 Å². The zero-order valence-electron chi connectivity index (χ0n) is 18.3. The molecular weight excluding hydrogens is 426 g/mol. The maximum Gasteiger partial charge on any atom is 0.251 e. The van der Waals surface area contributed by atoms with E-state index in [0.29, 0.717) is 38.4 Å². The minimum Gasteiger partial charge on any atom is -0.379 e. The Bertz CT molecular complexity index is 1030. The molecule has 32 heavy (non-hydrogen) atoms. The van der Waals surface area contributed by atoms with E-state index < -0.39 is 10.0 Å². The number of amides is 1. The number of carbonyl (C=O) groups excluding carboxylic acids is 1. The molecule has 2 saturated heterocycles. The van der Waals surface area contributed by atoms with Gasteiger partial charge in [0, 0.05) is 31.7 Å². The molecule has 4 rings (SSSR count). The van der Waals surface area contributed by atoms with Crippen LogP contribution in [-0.4, -0.2) is 62.9 Å². The molecule has 0 spiro atoms. The molecule has 0 saturated carbocycles. The first-order valence-electron chi connectivity index (χ1n) is 11.3. The molecule has 2 aromatic carbocycles. The first kappa shape index (κ1) is 22.9. The zero-order valence-corrected chi connectivity index (χ0v) is 19.1. The van der Waals surface area contributed by atoms with Crippen LogP contribution in [0.2, 0.25) is 0 Å². The summed E-state index contributed by atoms with van der Waals surface area (Å²) in [7, 11) is -3.64. The molecule has 7 nitrogen and oxygen atoms in total. The zero-order chi connectivity index (χ0) is 22.4. The number of sulfonamides is 1. The molecule has 2 fully saturated rings. The summed E-state index contributed by atoms with van der Waals surface area (Å²) < 4.78 is 32.4. The molecule has 2 aliphatic heterocycles. The van der Waals surface area contributed by atoms with Crippen LogP contribution in [0, 0.1) is 0 Å². The summed E-state index contributed by atoms with van der Waals surface area (Å²) in [5.74, 6) is -0.287. The second-order valence-corrected chi connectivity index (χ2v) is 10.3. The van der Waals surface area contributed by atoms with Crippen molar-refractivity contribution < 1.29 is 17.9 Å². The molecule has 8 heteroatoms. The summed E-state index contributed by atoms with van der Waals surface area (Å²) in [6.45, 7) is 5.04. The van der Waals surface area contributed by atoms with Gasteiger partial charge in [0.05, 0.1) is 18.1 Å². The molecule has 0 aliphatic carbocycles. The van der Waals surface area contributed by atoms with Crippen molar-refractivity contribution in [1.82, 2.24) is 14.5 Å². The number of nitrogens with one attached hydrogen (secondary N) is 1. The largest absolute Gasteiger partial charge is 0.379 e. The number of ether oxygens (including phenoxy) is 1. The fourth-order valence-electron chi connectivity index (χ4n) is 4.23. The monoisotopic (exact) mass is 457 g/mol. The van der Waals surface area contributed by atoms with Gasteiger partial charge in [0.25, 0.3) is 5.91 Å². The average molecular weight is 458 g/mol. The summed E-state index contributed by atoms with van der Waals surface area (Å²) in [5, 5.41) is 2.92. The van der Waals surface area contributed by atoms with Gasteiger partial charge in [-0.3, -0.25) is 9.69 Å². The summed E-state index contributed by atoms with van der Waals surface area (Å²) in [5.41, 5.74) is 2.62. The van der Waals surface area contributed by atoms with Crippen molar-refractivity contribution in [3.8, 4) is 0 Å². The maximum atomic E-state index is 12.9. The summed E-state index contributed by atoms with van der Waals surface area (Å²) >= 11 is 0. The third kappa shape index (κ3) is 5.75.